The van der Waals surface area contributed by atoms with Gasteiger partial charge < -0.3 is 10.5 Å². The summed E-state index contributed by atoms with van der Waals surface area (Å²) in [5.41, 5.74) is 5.65. The van der Waals surface area contributed by atoms with Crippen LogP contribution >= 0.6 is 0 Å². The van der Waals surface area contributed by atoms with Crippen LogP contribution in [0.4, 0.5) is 4.39 Å². The highest BCUT2D eigenvalue weighted by molar-refractivity contribution is 5.93. The van der Waals surface area contributed by atoms with Gasteiger partial charge in [0.1, 0.15) is 11.6 Å². The minimum Gasteiger partial charge on any atom is -0.493 e. The van der Waals surface area contributed by atoms with Crippen LogP contribution in [0, 0.1) is 17.2 Å². The van der Waals surface area contributed by atoms with Crippen molar-refractivity contribution in [1.82, 2.24) is 0 Å². The van der Waals surface area contributed by atoms with Crippen LogP contribution in [0.25, 0.3) is 0 Å². The molecule has 2 aliphatic rings. The van der Waals surface area contributed by atoms with Gasteiger partial charge in [0, 0.05) is 6.07 Å². The Kier molecular flexibility index (Phi) is 3.87. The zero-order valence-electron chi connectivity index (χ0n) is 12.2. The molecule has 2 aliphatic carbocycles. The predicted molar refractivity (Wildman–Crippen MR) is 78.7 cm³/mol. The molecule has 3 nitrogen and oxygen atoms in total. The first-order valence-corrected chi connectivity index (χ1v) is 7.80. The zero-order valence-corrected chi connectivity index (χ0v) is 12.2. The molecule has 1 aromatic rings. The van der Waals surface area contributed by atoms with Gasteiger partial charge in [0.2, 0.25) is 0 Å². The van der Waals surface area contributed by atoms with E-state index in [1.165, 1.54) is 57.1 Å². The van der Waals surface area contributed by atoms with Crippen molar-refractivity contribution in [1.29, 1.82) is 0 Å². The van der Waals surface area contributed by atoms with Crippen molar-refractivity contribution in [3.63, 3.8) is 0 Å². The van der Waals surface area contributed by atoms with Crippen molar-refractivity contribution in [3.05, 3.63) is 29.6 Å². The number of benzene rings is 1. The largest absolute Gasteiger partial charge is 0.493 e. The number of carbonyl (C=O) groups is 1. The second-order valence-electron chi connectivity index (χ2n) is 6.61. The Morgan fingerprint density at radius 2 is 2.00 bits per heavy atom. The van der Waals surface area contributed by atoms with E-state index in [0.717, 1.165) is 0 Å². The van der Waals surface area contributed by atoms with Crippen molar-refractivity contribution in [2.75, 3.05) is 6.61 Å². The zero-order chi connectivity index (χ0) is 14.9. The third kappa shape index (κ3) is 3.04. The topological polar surface area (TPSA) is 52.3 Å². The van der Waals surface area contributed by atoms with Gasteiger partial charge >= 0.3 is 0 Å². The first-order valence-electron chi connectivity index (χ1n) is 7.80. The Morgan fingerprint density at radius 1 is 1.29 bits per heavy atom. The van der Waals surface area contributed by atoms with Gasteiger partial charge in [0.05, 0.1) is 12.2 Å². The van der Waals surface area contributed by atoms with Crippen LogP contribution in [-0.4, -0.2) is 12.5 Å². The molecule has 3 rings (SSSR count). The molecule has 0 saturated heterocycles. The highest BCUT2D eigenvalue weighted by Gasteiger charge is 2.39. The number of amides is 1. The van der Waals surface area contributed by atoms with Crippen molar-refractivity contribution in [2.45, 2.75) is 44.9 Å². The van der Waals surface area contributed by atoms with Gasteiger partial charge in [-0.15, -0.1) is 0 Å². The lowest BCUT2D eigenvalue weighted by Crippen LogP contribution is -2.35. The van der Waals surface area contributed by atoms with Crippen LogP contribution in [0.2, 0.25) is 0 Å². The maximum atomic E-state index is 13.6. The van der Waals surface area contributed by atoms with Gasteiger partial charge in [-0.1, -0.05) is 6.42 Å². The molecule has 1 aromatic carbocycles. The number of hydrogen-bond donors (Lipinski definition) is 1. The van der Waals surface area contributed by atoms with Crippen LogP contribution < -0.4 is 10.5 Å². The number of halogens is 1. The molecule has 2 fully saturated rings. The van der Waals surface area contributed by atoms with Gasteiger partial charge in [-0.25, -0.2) is 4.39 Å². The van der Waals surface area contributed by atoms with E-state index in [2.05, 4.69) is 0 Å². The summed E-state index contributed by atoms with van der Waals surface area (Å²) in [6.07, 6.45) is 9.25. The molecule has 0 radical (unpaired) electrons. The summed E-state index contributed by atoms with van der Waals surface area (Å²) in [7, 11) is 0. The average Bonchev–Trinajstić information content (AvgIpc) is 2.43. The molecule has 2 N–H and O–H groups in total. The average molecular weight is 291 g/mol. The van der Waals surface area contributed by atoms with Crippen molar-refractivity contribution >= 4 is 5.91 Å². The van der Waals surface area contributed by atoms with Crippen LogP contribution in [0.3, 0.4) is 0 Å². The number of primary amides is 1. The Morgan fingerprint density at radius 3 is 2.52 bits per heavy atom. The first kappa shape index (κ1) is 14.4. The van der Waals surface area contributed by atoms with E-state index >= 15 is 0 Å². The summed E-state index contributed by atoms with van der Waals surface area (Å²) in [4.78, 5) is 11.0. The fraction of sp³-hybridized carbons (Fsp3) is 0.588. The van der Waals surface area contributed by atoms with E-state index in [-0.39, 0.29) is 5.56 Å². The molecule has 0 atom stereocenters. The Balaban J connectivity index is 1.51. The molecule has 0 unspecified atom stereocenters. The predicted octanol–water partition coefficient (Wildman–Crippen LogP) is 3.66. The van der Waals surface area contributed by atoms with Gasteiger partial charge in [0.25, 0.3) is 5.91 Å². The SMILES string of the molecule is NC(=O)c1ccc(OCC2CCC3(CCC3)CC2)cc1F. The quantitative estimate of drug-likeness (QED) is 0.920. The minimum absolute atomic E-state index is 0.0908. The molecular formula is C17H22FNO2. The molecule has 21 heavy (non-hydrogen) atoms. The summed E-state index contributed by atoms with van der Waals surface area (Å²) in [5, 5.41) is 0. The first-order chi connectivity index (χ1) is 10.1. The van der Waals surface area contributed by atoms with E-state index in [9.17, 15) is 9.18 Å². The highest BCUT2D eigenvalue weighted by atomic mass is 19.1. The van der Waals surface area contributed by atoms with Gasteiger partial charge in [0.15, 0.2) is 0 Å². The molecule has 0 bridgehead atoms. The molecular weight excluding hydrogens is 269 g/mol. The minimum atomic E-state index is -0.753. The third-order valence-corrected chi connectivity index (χ3v) is 5.27. The number of hydrogen-bond acceptors (Lipinski definition) is 2. The third-order valence-electron chi connectivity index (χ3n) is 5.27. The molecule has 1 amide bonds. The highest BCUT2D eigenvalue weighted by Crippen LogP contribution is 2.52. The number of nitrogens with two attached hydrogens (primary N) is 1. The maximum absolute atomic E-state index is 13.6. The second-order valence-corrected chi connectivity index (χ2v) is 6.61. The lowest BCUT2D eigenvalue weighted by atomic mass is 9.59. The molecule has 2 saturated carbocycles. The van der Waals surface area contributed by atoms with E-state index in [1.807, 2.05) is 0 Å². The summed E-state index contributed by atoms with van der Waals surface area (Å²) in [5.74, 6) is -0.328. The van der Waals surface area contributed by atoms with Crippen molar-refractivity contribution in [3.8, 4) is 5.75 Å². The number of ether oxygens (including phenoxy) is 1. The lowest BCUT2D eigenvalue weighted by Gasteiger charge is -2.47. The molecule has 0 aliphatic heterocycles. The smallest absolute Gasteiger partial charge is 0.251 e. The monoisotopic (exact) mass is 291 g/mol. The molecule has 0 heterocycles. The molecule has 4 heteroatoms. The van der Waals surface area contributed by atoms with E-state index < -0.39 is 11.7 Å². The summed E-state index contributed by atoms with van der Waals surface area (Å²) in [6.45, 7) is 0.630. The molecule has 114 valence electrons. The standard InChI is InChI=1S/C17H22FNO2/c18-15-10-13(2-3-14(15)16(19)20)21-11-12-4-8-17(9-5-12)6-1-7-17/h2-3,10,12H,1,4-9,11H2,(H2,19,20). The van der Waals surface area contributed by atoms with Gasteiger partial charge in [-0.2, -0.15) is 0 Å². The van der Waals surface area contributed by atoms with Crippen LogP contribution in [0.1, 0.15) is 55.3 Å². The van der Waals surface area contributed by atoms with Crippen molar-refractivity contribution < 1.29 is 13.9 Å². The van der Waals surface area contributed by atoms with Crippen LogP contribution in [0.15, 0.2) is 18.2 Å². The van der Waals surface area contributed by atoms with Gasteiger partial charge in [-0.3, -0.25) is 4.79 Å². The Labute approximate surface area is 124 Å². The fourth-order valence-electron chi connectivity index (χ4n) is 3.63. The van der Waals surface area contributed by atoms with E-state index in [1.54, 1.807) is 6.07 Å². The lowest BCUT2D eigenvalue weighted by molar-refractivity contribution is 0.0432. The van der Waals surface area contributed by atoms with E-state index in [0.29, 0.717) is 23.7 Å². The fourth-order valence-corrected chi connectivity index (χ4v) is 3.63. The van der Waals surface area contributed by atoms with Crippen molar-refractivity contribution in [2.24, 2.45) is 17.1 Å². The van der Waals surface area contributed by atoms with E-state index in [4.69, 9.17) is 10.5 Å². The summed E-state index contributed by atoms with van der Waals surface area (Å²) >= 11 is 0. The van der Waals surface area contributed by atoms with Gasteiger partial charge in [-0.05, 0) is 62.0 Å². The summed E-state index contributed by atoms with van der Waals surface area (Å²) < 4.78 is 19.3. The Hall–Kier alpha value is -1.58. The van der Waals surface area contributed by atoms with Crippen LogP contribution in [0.5, 0.6) is 5.75 Å². The normalized spacial score (nSPS) is 21.0. The Bertz CT molecular complexity index is 530. The summed E-state index contributed by atoms with van der Waals surface area (Å²) in [6, 6.07) is 4.24. The molecule has 1 spiro atoms. The van der Waals surface area contributed by atoms with Crippen LogP contribution in [-0.2, 0) is 0 Å². The maximum Gasteiger partial charge on any atom is 0.251 e. The number of rotatable bonds is 4. The second kappa shape index (κ2) is 5.66. The molecule has 0 aromatic heterocycles. The number of carbonyl (C=O) groups excluding carboxylic acids is 1.